The lowest BCUT2D eigenvalue weighted by Crippen LogP contribution is -2.11. The SMILES string of the molecule is O=C(CC(=O)c1ccccc1)OCc1ccc([N+](=O)[O-])cc1. The van der Waals surface area contributed by atoms with Crippen LogP contribution in [0.3, 0.4) is 0 Å². The van der Waals surface area contributed by atoms with E-state index in [1.54, 1.807) is 30.3 Å². The quantitative estimate of drug-likeness (QED) is 0.269. The number of non-ortho nitro benzene ring substituents is 1. The van der Waals surface area contributed by atoms with Crippen molar-refractivity contribution in [2.24, 2.45) is 0 Å². The molecule has 0 saturated carbocycles. The number of hydrogen-bond acceptors (Lipinski definition) is 5. The number of esters is 1. The Labute approximate surface area is 126 Å². The number of benzene rings is 2. The molecule has 6 nitrogen and oxygen atoms in total. The largest absolute Gasteiger partial charge is 0.460 e. The normalized spacial score (nSPS) is 10.0. The maximum atomic E-state index is 11.8. The summed E-state index contributed by atoms with van der Waals surface area (Å²) in [6.07, 6.45) is -0.336. The molecule has 112 valence electrons. The first kappa shape index (κ1) is 15.4. The Hall–Kier alpha value is -3.02. The first-order chi connectivity index (χ1) is 10.6. The molecule has 0 aliphatic rings. The van der Waals surface area contributed by atoms with E-state index >= 15 is 0 Å². The highest BCUT2D eigenvalue weighted by molar-refractivity contribution is 6.05. The molecule has 0 aliphatic carbocycles. The summed E-state index contributed by atoms with van der Waals surface area (Å²) in [5.74, 6) is -0.943. The topological polar surface area (TPSA) is 86.5 Å². The molecule has 0 fully saturated rings. The summed E-state index contributed by atoms with van der Waals surface area (Å²) >= 11 is 0. The van der Waals surface area contributed by atoms with Crippen molar-refractivity contribution in [2.45, 2.75) is 13.0 Å². The van der Waals surface area contributed by atoms with E-state index in [4.69, 9.17) is 4.74 Å². The van der Waals surface area contributed by atoms with Crippen LogP contribution in [0, 0.1) is 10.1 Å². The van der Waals surface area contributed by atoms with Crippen molar-refractivity contribution in [2.75, 3.05) is 0 Å². The lowest BCUT2D eigenvalue weighted by molar-refractivity contribution is -0.384. The van der Waals surface area contributed by atoms with Crippen molar-refractivity contribution in [3.8, 4) is 0 Å². The minimum atomic E-state index is -0.632. The van der Waals surface area contributed by atoms with Gasteiger partial charge in [-0.15, -0.1) is 0 Å². The molecule has 0 aromatic heterocycles. The van der Waals surface area contributed by atoms with Gasteiger partial charge in [0.25, 0.3) is 5.69 Å². The van der Waals surface area contributed by atoms with Crippen LogP contribution in [0.1, 0.15) is 22.3 Å². The van der Waals surface area contributed by atoms with E-state index in [0.717, 1.165) is 0 Å². The summed E-state index contributed by atoms with van der Waals surface area (Å²) in [4.78, 5) is 33.4. The first-order valence-electron chi connectivity index (χ1n) is 6.53. The van der Waals surface area contributed by atoms with Crippen molar-refractivity contribution in [3.05, 3.63) is 75.8 Å². The average Bonchev–Trinajstić information content (AvgIpc) is 2.54. The Morgan fingerprint density at radius 1 is 1.00 bits per heavy atom. The zero-order valence-electron chi connectivity index (χ0n) is 11.6. The van der Waals surface area contributed by atoms with Gasteiger partial charge in [0, 0.05) is 17.7 Å². The number of Topliss-reactive ketones (excluding diaryl/α,β-unsaturated/α-hetero) is 1. The Bertz CT molecular complexity index is 679. The Morgan fingerprint density at radius 2 is 1.64 bits per heavy atom. The molecule has 2 aromatic rings. The number of nitrogens with zero attached hydrogens (tertiary/aromatic N) is 1. The smallest absolute Gasteiger partial charge is 0.314 e. The number of ketones is 1. The van der Waals surface area contributed by atoms with Gasteiger partial charge in [0.1, 0.15) is 13.0 Å². The van der Waals surface area contributed by atoms with Gasteiger partial charge in [-0.1, -0.05) is 30.3 Å². The van der Waals surface area contributed by atoms with E-state index in [0.29, 0.717) is 11.1 Å². The molecule has 0 unspecified atom stereocenters. The summed E-state index contributed by atoms with van der Waals surface area (Å²) in [6, 6.07) is 14.2. The lowest BCUT2D eigenvalue weighted by Gasteiger charge is -2.04. The zero-order chi connectivity index (χ0) is 15.9. The van der Waals surface area contributed by atoms with Gasteiger partial charge in [-0.2, -0.15) is 0 Å². The molecule has 0 amide bonds. The predicted molar refractivity (Wildman–Crippen MR) is 78.3 cm³/mol. The maximum Gasteiger partial charge on any atom is 0.314 e. The van der Waals surface area contributed by atoms with Crippen LogP contribution in [0.15, 0.2) is 54.6 Å². The second-order valence-corrected chi connectivity index (χ2v) is 4.55. The summed E-state index contributed by atoms with van der Waals surface area (Å²) in [5.41, 5.74) is 1.04. The number of hydrogen-bond donors (Lipinski definition) is 0. The van der Waals surface area contributed by atoms with Crippen molar-refractivity contribution >= 4 is 17.4 Å². The number of nitro benzene ring substituents is 1. The molecule has 0 atom stereocenters. The van der Waals surface area contributed by atoms with E-state index in [1.807, 2.05) is 0 Å². The number of carbonyl (C=O) groups excluding carboxylic acids is 2. The number of ether oxygens (including phenoxy) is 1. The van der Waals surface area contributed by atoms with Gasteiger partial charge in [-0.05, 0) is 17.7 Å². The van der Waals surface area contributed by atoms with Crippen LogP contribution in [0.4, 0.5) is 5.69 Å². The molecule has 2 rings (SSSR count). The van der Waals surface area contributed by atoms with Gasteiger partial charge in [-0.3, -0.25) is 19.7 Å². The molecule has 0 spiro atoms. The van der Waals surface area contributed by atoms with Gasteiger partial charge in [-0.25, -0.2) is 0 Å². The van der Waals surface area contributed by atoms with E-state index in [9.17, 15) is 19.7 Å². The van der Waals surface area contributed by atoms with E-state index in [-0.39, 0.29) is 24.5 Å². The third kappa shape index (κ3) is 4.24. The highest BCUT2D eigenvalue weighted by Crippen LogP contribution is 2.13. The third-order valence-corrected chi connectivity index (χ3v) is 2.95. The summed E-state index contributed by atoms with van der Waals surface area (Å²) in [6.45, 7) is -0.0289. The fourth-order valence-electron chi connectivity index (χ4n) is 1.79. The van der Waals surface area contributed by atoms with Crippen molar-refractivity contribution in [1.29, 1.82) is 0 Å². The molecule has 22 heavy (non-hydrogen) atoms. The highest BCUT2D eigenvalue weighted by atomic mass is 16.6. The third-order valence-electron chi connectivity index (χ3n) is 2.95. The lowest BCUT2D eigenvalue weighted by atomic mass is 10.1. The fourth-order valence-corrected chi connectivity index (χ4v) is 1.79. The standard InChI is InChI=1S/C16H13NO5/c18-15(13-4-2-1-3-5-13)10-16(19)22-11-12-6-8-14(9-7-12)17(20)21/h1-9H,10-11H2. The molecule has 2 aromatic carbocycles. The molecule has 0 heterocycles. The van der Waals surface area contributed by atoms with Crippen LogP contribution in [-0.2, 0) is 16.1 Å². The van der Waals surface area contributed by atoms with Crippen LogP contribution in [0.25, 0.3) is 0 Å². The molecule has 6 heteroatoms. The van der Waals surface area contributed by atoms with Crippen LogP contribution in [-0.4, -0.2) is 16.7 Å². The number of carbonyl (C=O) groups is 2. The first-order valence-corrected chi connectivity index (χ1v) is 6.53. The second kappa shape index (κ2) is 7.12. The van der Waals surface area contributed by atoms with E-state index in [1.165, 1.54) is 24.3 Å². The van der Waals surface area contributed by atoms with Crippen molar-refractivity contribution in [1.82, 2.24) is 0 Å². The van der Waals surface area contributed by atoms with Gasteiger partial charge >= 0.3 is 5.97 Å². The monoisotopic (exact) mass is 299 g/mol. The molecule has 0 bridgehead atoms. The van der Waals surface area contributed by atoms with Crippen LogP contribution < -0.4 is 0 Å². The predicted octanol–water partition coefficient (Wildman–Crippen LogP) is 2.91. The Balaban J connectivity index is 1.85. The summed E-state index contributed by atoms with van der Waals surface area (Å²) in [7, 11) is 0. The van der Waals surface area contributed by atoms with Crippen molar-refractivity contribution in [3.63, 3.8) is 0 Å². The molecule has 0 N–H and O–H groups in total. The minimum absolute atomic E-state index is 0.0289. The summed E-state index contributed by atoms with van der Waals surface area (Å²) < 4.78 is 4.99. The van der Waals surface area contributed by atoms with Crippen LogP contribution >= 0.6 is 0 Å². The molecule has 0 saturated heterocycles. The number of nitro groups is 1. The second-order valence-electron chi connectivity index (χ2n) is 4.55. The van der Waals surface area contributed by atoms with Gasteiger partial charge in [0.15, 0.2) is 5.78 Å². The number of rotatable bonds is 6. The van der Waals surface area contributed by atoms with Crippen LogP contribution in [0.2, 0.25) is 0 Å². The average molecular weight is 299 g/mol. The minimum Gasteiger partial charge on any atom is -0.460 e. The molecule has 0 radical (unpaired) electrons. The molecular formula is C16H13NO5. The fraction of sp³-hybridized carbons (Fsp3) is 0.125. The maximum absolute atomic E-state index is 11.8. The Morgan fingerprint density at radius 3 is 2.23 bits per heavy atom. The van der Waals surface area contributed by atoms with E-state index in [2.05, 4.69) is 0 Å². The Kier molecular flexibility index (Phi) is 4.98. The molecule has 0 aliphatic heterocycles. The van der Waals surface area contributed by atoms with Gasteiger partial charge in [0.2, 0.25) is 0 Å². The highest BCUT2D eigenvalue weighted by Gasteiger charge is 2.13. The molecular weight excluding hydrogens is 286 g/mol. The zero-order valence-corrected chi connectivity index (χ0v) is 11.6. The van der Waals surface area contributed by atoms with Gasteiger partial charge in [0.05, 0.1) is 4.92 Å². The summed E-state index contributed by atoms with van der Waals surface area (Å²) in [5, 5.41) is 10.5. The van der Waals surface area contributed by atoms with Crippen molar-refractivity contribution < 1.29 is 19.2 Å². The van der Waals surface area contributed by atoms with E-state index < -0.39 is 10.9 Å². The van der Waals surface area contributed by atoms with Crippen LogP contribution in [0.5, 0.6) is 0 Å². The van der Waals surface area contributed by atoms with Gasteiger partial charge < -0.3 is 4.74 Å².